The summed E-state index contributed by atoms with van der Waals surface area (Å²) in [6.07, 6.45) is 3.32. The van der Waals surface area contributed by atoms with E-state index in [-0.39, 0.29) is 0 Å². The number of rotatable bonds is 4. The molecule has 3 rings (SSSR count). The van der Waals surface area contributed by atoms with Gasteiger partial charge in [0.05, 0.1) is 35.3 Å². The third-order valence-electron chi connectivity index (χ3n) is 2.82. The Kier molecular flexibility index (Phi) is 4.17. The highest BCUT2D eigenvalue weighted by atomic mass is 35.5. The van der Waals surface area contributed by atoms with Crippen LogP contribution >= 0.6 is 22.9 Å². The molecule has 3 aromatic rings. The van der Waals surface area contributed by atoms with Crippen LogP contribution in [0.5, 0.6) is 5.19 Å². The number of nitrogens with one attached hydrogen (secondary N) is 1. The number of methoxy groups -OCH3 is 1. The minimum Gasteiger partial charge on any atom is -0.473 e. The number of hydrogen-bond acceptors (Lipinski definition) is 7. The molecule has 0 aliphatic carbocycles. The second-order valence-electron chi connectivity index (χ2n) is 4.36. The maximum Gasteiger partial charge on any atom is 0.273 e. The van der Waals surface area contributed by atoms with Crippen molar-refractivity contribution < 1.29 is 4.74 Å². The van der Waals surface area contributed by atoms with E-state index in [9.17, 15) is 0 Å². The Morgan fingerprint density at radius 2 is 2.05 bits per heavy atom. The second-order valence-corrected chi connectivity index (χ2v) is 5.71. The van der Waals surface area contributed by atoms with Crippen molar-refractivity contribution in [2.45, 2.75) is 6.92 Å². The SMILES string of the molecule is COc1nc(C)c(-c2ccnc(Nc3ccc(Cl)nc3)n2)s1. The van der Waals surface area contributed by atoms with E-state index in [2.05, 4.69) is 25.3 Å². The van der Waals surface area contributed by atoms with E-state index in [4.69, 9.17) is 16.3 Å². The monoisotopic (exact) mass is 333 g/mol. The molecule has 0 aliphatic heterocycles. The Hall–Kier alpha value is -2.25. The Bertz CT molecular complexity index is 790. The van der Waals surface area contributed by atoms with Crippen LogP contribution in [0.25, 0.3) is 10.6 Å². The number of nitrogens with zero attached hydrogens (tertiary/aromatic N) is 4. The zero-order valence-corrected chi connectivity index (χ0v) is 13.4. The van der Waals surface area contributed by atoms with E-state index in [1.807, 2.05) is 19.1 Å². The van der Waals surface area contributed by atoms with E-state index < -0.39 is 0 Å². The van der Waals surface area contributed by atoms with Crippen LogP contribution in [0.2, 0.25) is 5.15 Å². The summed E-state index contributed by atoms with van der Waals surface area (Å²) in [5.74, 6) is 0.480. The van der Waals surface area contributed by atoms with Crippen LogP contribution in [0.3, 0.4) is 0 Å². The first-order valence-corrected chi connectivity index (χ1v) is 7.58. The van der Waals surface area contributed by atoms with Gasteiger partial charge in [0.2, 0.25) is 5.95 Å². The molecule has 0 fully saturated rings. The lowest BCUT2D eigenvalue weighted by atomic mass is 10.3. The van der Waals surface area contributed by atoms with Crippen LogP contribution in [0.15, 0.2) is 30.6 Å². The van der Waals surface area contributed by atoms with Crippen LogP contribution in [0, 0.1) is 6.92 Å². The number of halogens is 1. The summed E-state index contributed by atoms with van der Waals surface area (Å²) < 4.78 is 5.16. The second kappa shape index (κ2) is 6.25. The Balaban J connectivity index is 1.88. The molecule has 0 saturated heterocycles. The largest absolute Gasteiger partial charge is 0.473 e. The molecule has 0 amide bonds. The summed E-state index contributed by atoms with van der Waals surface area (Å²) in [5.41, 5.74) is 2.43. The lowest BCUT2D eigenvalue weighted by Gasteiger charge is -2.05. The molecule has 0 unspecified atom stereocenters. The van der Waals surface area contributed by atoms with Crippen molar-refractivity contribution in [1.82, 2.24) is 19.9 Å². The molecule has 0 radical (unpaired) electrons. The van der Waals surface area contributed by atoms with Crippen LogP contribution in [0.4, 0.5) is 11.6 Å². The average molecular weight is 334 g/mol. The van der Waals surface area contributed by atoms with Crippen LogP contribution in [0.1, 0.15) is 5.69 Å². The molecule has 8 heteroatoms. The van der Waals surface area contributed by atoms with Crippen molar-refractivity contribution in [2.24, 2.45) is 0 Å². The molecule has 0 bridgehead atoms. The van der Waals surface area contributed by atoms with Crippen molar-refractivity contribution in [1.29, 1.82) is 0 Å². The number of thiazole rings is 1. The van der Waals surface area contributed by atoms with Gasteiger partial charge in [-0.15, -0.1) is 0 Å². The standard InChI is InChI=1S/C14H12ClN5OS/c1-8-12(22-14(18-8)21-2)10-5-6-16-13(20-10)19-9-3-4-11(15)17-7-9/h3-7H,1-2H3,(H,16,19,20). The molecule has 3 heterocycles. The van der Waals surface area contributed by atoms with Gasteiger partial charge in [0.15, 0.2) is 0 Å². The zero-order valence-electron chi connectivity index (χ0n) is 11.9. The van der Waals surface area contributed by atoms with Gasteiger partial charge >= 0.3 is 0 Å². The van der Waals surface area contributed by atoms with Crippen molar-refractivity contribution in [3.8, 4) is 15.8 Å². The molecule has 112 valence electrons. The first-order valence-electron chi connectivity index (χ1n) is 6.39. The van der Waals surface area contributed by atoms with Crippen molar-refractivity contribution in [3.05, 3.63) is 41.4 Å². The molecular formula is C14H12ClN5OS. The summed E-state index contributed by atoms with van der Waals surface area (Å²) in [5, 5.41) is 4.14. The highest BCUT2D eigenvalue weighted by Crippen LogP contribution is 2.33. The highest BCUT2D eigenvalue weighted by molar-refractivity contribution is 7.17. The van der Waals surface area contributed by atoms with Gasteiger partial charge in [0, 0.05) is 6.20 Å². The molecule has 0 aliphatic rings. The summed E-state index contributed by atoms with van der Waals surface area (Å²) in [6.45, 7) is 1.92. The number of aryl methyl sites for hydroxylation is 1. The first kappa shape index (κ1) is 14.7. The van der Waals surface area contributed by atoms with Crippen LogP contribution in [-0.2, 0) is 0 Å². The van der Waals surface area contributed by atoms with Gasteiger partial charge in [-0.05, 0) is 25.1 Å². The molecule has 0 saturated carbocycles. The first-order chi connectivity index (χ1) is 10.7. The predicted octanol–water partition coefficient (Wildman–Crippen LogP) is 3.71. The Morgan fingerprint density at radius 3 is 2.73 bits per heavy atom. The van der Waals surface area contributed by atoms with Crippen molar-refractivity contribution in [3.63, 3.8) is 0 Å². The van der Waals surface area contributed by atoms with Crippen molar-refractivity contribution >= 4 is 34.6 Å². The van der Waals surface area contributed by atoms with Gasteiger partial charge in [0.25, 0.3) is 5.19 Å². The fraction of sp³-hybridized carbons (Fsp3) is 0.143. The molecule has 0 aromatic carbocycles. The van der Waals surface area contributed by atoms with Gasteiger partial charge in [0.1, 0.15) is 5.15 Å². The Labute approximate surface area is 136 Å². The number of pyridine rings is 1. The van der Waals surface area contributed by atoms with Gasteiger partial charge in [-0.25, -0.2) is 19.9 Å². The topological polar surface area (TPSA) is 72.8 Å². The molecule has 0 atom stereocenters. The molecule has 0 spiro atoms. The molecule has 6 nitrogen and oxygen atoms in total. The lowest BCUT2D eigenvalue weighted by Crippen LogP contribution is -1.98. The molecule has 22 heavy (non-hydrogen) atoms. The summed E-state index contributed by atoms with van der Waals surface area (Å²) in [4.78, 5) is 18.0. The van der Waals surface area contributed by atoms with Gasteiger partial charge in [-0.3, -0.25) is 0 Å². The molecule has 1 N–H and O–H groups in total. The average Bonchev–Trinajstić information content (AvgIpc) is 2.91. The van der Waals surface area contributed by atoms with Crippen LogP contribution < -0.4 is 10.1 Å². The van der Waals surface area contributed by atoms with Gasteiger partial charge in [-0.1, -0.05) is 22.9 Å². The quantitative estimate of drug-likeness (QED) is 0.734. The maximum absolute atomic E-state index is 5.77. The molecular weight excluding hydrogens is 322 g/mol. The minimum absolute atomic E-state index is 0.438. The number of ether oxygens (including phenoxy) is 1. The fourth-order valence-electron chi connectivity index (χ4n) is 1.82. The maximum atomic E-state index is 5.77. The number of anilines is 2. The number of hydrogen-bond donors (Lipinski definition) is 1. The normalized spacial score (nSPS) is 10.5. The zero-order chi connectivity index (χ0) is 15.5. The van der Waals surface area contributed by atoms with Crippen LogP contribution in [-0.4, -0.2) is 27.0 Å². The van der Waals surface area contributed by atoms with E-state index in [1.54, 1.807) is 25.6 Å². The van der Waals surface area contributed by atoms with E-state index in [1.165, 1.54) is 11.3 Å². The smallest absolute Gasteiger partial charge is 0.273 e. The van der Waals surface area contributed by atoms with E-state index >= 15 is 0 Å². The summed E-state index contributed by atoms with van der Waals surface area (Å²) in [6, 6.07) is 5.35. The fourth-order valence-corrected chi connectivity index (χ4v) is 2.78. The minimum atomic E-state index is 0.438. The summed E-state index contributed by atoms with van der Waals surface area (Å²) >= 11 is 7.21. The third kappa shape index (κ3) is 3.15. The molecule has 3 aromatic heterocycles. The highest BCUT2D eigenvalue weighted by Gasteiger charge is 2.12. The third-order valence-corrected chi connectivity index (χ3v) is 4.19. The number of aromatic nitrogens is 4. The van der Waals surface area contributed by atoms with Gasteiger partial charge in [-0.2, -0.15) is 0 Å². The van der Waals surface area contributed by atoms with Gasteiger partial charge < -0.3 is 10.1 Å². The summed E-state index contributed by atoms with van der Waals surface area (Å²) in [7, 11) is 1.60. The Morgan fingerprint density at radius 1 is 1.18 bits per heavy atom. The van der Waals surface area contributed by atoms with Crippen molar-refractivity contribution in [2.75, 3.05) is 12.4 Å². The lowest BCUT2D eigenvalue weighted by molar-refractivity contribution is 0.411. The van der Waals surface area contributed by atoms with E-state index in [0.29, 0.717) is 16.3 Å². The predicted molar refractivity (Wildman–Crippen MR) is 87.0 cm³/mol. The van der Waals surface area contributed by atoms with E-state index in [0.717, 1.165) is 22.0 Å².